The number of nitrogens with zero attached hydrogens (tertiary/aromatic N) is 1. The molecule has 5 heteroatoms. The third kappa shape index (κ3) is 2.44. The highest BCUT2D eigenvalue weighted by molar-refractivity contribution is 9.10. The Hall–Kier alpha value is -1.12. The highest BCUT2D eigenvalue weighted by atomic mass is 79.9. The van der Waals surface area contributed by atoms with Crippen molar-refractivity contribution >= 4 is 39.3 Å². The van der Waals surface area contributed by atoms with Gasteiger partial charge in [-0.05, 0) is 33.5 Å². The van der Waals surface area contributed by atoms with E-state index in [9.17, 15) is 4.79 Å². The van der Waals surface area contributed by atoms with Crippen LogP contribution in [-0.4, -0.2) is 13.1 Å². The van der Waals surface area contributed by atoms with Crippen molar-refractivity contribution in [2.75, 3.05) is 7.11 Å². The van der Waals surface area contributed by atoms with E-state index in [4.69, 9.17) is 5.26 Å². The Kier molecular flexibility index (Phi) is 3.86. The van der Waals surface area contributed by atoms with Crippen molar-refractivity contribution in [1.82, 2.24) is 0 Å². The van der Waals surface area contributed by atoms with Crippen LogP contribution in [0.2, 0.25) is 0 Å². The highest BCUT2D eigenvalue weighted by Gasteiger charge is 2.09. The molecule has 72 valence electrons. The van der Waals surface area contributed by atoms with Gasteiger partial charge in [-0.1, -0.05) is 0 Å². The zero-order valence-electron chi connectivity index (χ0n) is 7.28. The molecule has 0 fully saturated rings. The Labute approximate surface area is 93.7 Å². The van der Waals surface area contributed by atoms with Crippen molar-refractivity contribution < 1.29 is 9.53 Å². The van der Waals surface area contributed by atoms with E-state index in [1.54, 1.807) is 6.07 Å². The number of methoxy groups -OCH3 is 1. The average molecular weight is 272 g/mol. The molecule has 0 aliphatic carbocycles. The van der Waals surface area contributed by atoms with E-state index >= 15 is 0 Å². The molecule has 0 N–H and O–H groups in total. The topological polar surface area (TPSA) is 50.1 Å². The van der Waals surface area contributed by atoms with Crippen molar-refractivity contribution in [2.45, 2.75) is 0 Å². The number of ether oxygens (including phenoxy) is 1. The maximum absolute atomic E-state index is 11.1. The van der Waals surface area contributed by atoms with Gasteiger partial charge in [0.1, 0.15) is 11.6 Å². The molecule has 0 bridgehead atoms. The Balaban J connectivity index is 3.03. The van der Waals surface area contributed by atoms with Crippen LogP contribution in [-0.2, 0) is 9.53 Å². The lowest BCUT2D eigenvalue weighted by Gasteiger charge is -1.95. The molecule has 0 atom stereocenters. The number of rotatable bonds is 2. The summed E-state index contributed by atoms with van der Waals surface area (Å²) in [6.45, 7) is 0. The molecular weight excluding hydrogens is 266 g/mol. The first-order valence-corrected chi connectivity index (χ1v) is 5.29. The lowest BCUT2D eigenvalue weighted by Crippen LogP contribution is -2.02. The number of hydrogen-bond acceptors (Lipinski definition) is 4. The molecule has 0 radical (unpaired) electrons. The first-order chi connectivity index (χ1) is 6.69. The molecule has 0 unspecified atom stereocenters. The minimum Gasteiger partial charge on any atom is -0.465 e. The fourth-order valence-electron chi connectivity index (χ4n) is 0.786. The van der Waals surface area contributed by atoms with Crippen LogP contribution in [0.3, 0.4) is 0 Å². The van der Waals surface area contributed by atoms with Crippen molar-refractivity contribution in [2.24, 2.45) is 0 Å². The maximum Gasteiger partial charge on any atom is 0.348 e. The summed E-state index contributed by atoms with van der Waals surface area (Å²) in [6, 6.07) is 3.64. The molecular formula is C9H6BrNO2S. The van der Waals surface area contributed by atoms with Gasteiger partial charge in [0.2, 0.25) is 0 Å². The van der Waals surface area contributed by atoms with Crippen molar-refractivity contribution in [3.63, 3.8) is 0 Å². The molecule has 3 nitrogen and oxygen atoms in total. The summed E-state index contributed by atoms with van der Waals surface area (Å²) in [4.78, 5) is 11.9. The molecule has 0 spiro atoms. The van der Waals surface area contributed by atoms with E-state index < -0.39 is 5.97 Å². The number of nitriles is 1. The van der Waals surface area contributed by atoms with Gasteiger partial charge in [-0.25, -0.2) is 4.79 Å². The number of esters is 1. The van der Waals surface area contributed by atoms with E-state index in [0.29, 0.717) is 0 Å². The Morgan fingerprint density at radius 1 is 1.79 bits per heavy atom. The lowest BCUT2D eigenvalue weighted by molar-refractivity contribution is -0.135. The van der Waals surface area contributed by atoms with Crippen LogP contribution < -0.4 is 0 Å². The number of hydrogen-bond donors (Lipinski definition) is 0. The standard InChI is InChI=1S/C9H6BrNO2S/c1-13-9(12)6(5-11)4-8-7(10)2-3-14-8/h2-4H,1H3/b6-4+. The second kappa shape index (κ2) is 4.94. The van der Waals surface area contributed by atoms with Crippen LogP contribution in [0.4, 0.5) is 0 Å². The molecule has 1 rings (SSSR count). The van der Waals surface area contributed by atoms with Crippen molar-refractivity contribution in [1.29, 1.82) is 5.26 Å². The van der Waals surface area contributed by atoms with Crippen molar-refractivity contribution in [3.8, 4) is 6.07 Å². The smallest absolute Gasteiger partial charge is 0.348 e. The monoisotopic (exact) mass is 271 g/mol. The minimum atomic E-state index is -0.618. The SMILES string of the molecule is COC(=O)/C(C#N)=C/c1sccc1Br. The molecule has 1 heterocycles. The number of carbonyl (C=O) groups is 1. The molecule has 0 saturated carbocycles. The lowest BCUT2D eigenvalue weighted by atomic mass is 10.2. The van der Waals surface area contributed by atoms with Gasteiger partial charge in [0.25, 0.3) is 0 Å². The van der Waals surface area contributed by atoms with Gasteiger partial charge in [-0.2, -0.15) is 5.26 Å². The minimum absolute atomic E-state index is 0.00403. The van der Waals surface area contributed by atoms with Gasteiger partial charge in [0.15, 0.2) is 0 Å². The van der Waals surface area contributed by atoms with Crippen LogP contribution in [0, 0.1) is 11.3 Å². The van der Waals surface area contributed by atoms with Gasteiger partial charge in [0.05, 0.1) is 7.11 Å². The van der Waals surface area contributed by atoms with E-state index in [1.807, 2.05) is 11.4 Å². The first-order valence-electron chi connectivity index (χ1n) is 3.62. The summed E-state index contributed by atoms with van der Waals surface area (Å²) in [5, 5.41) is 10.6. The summed E-state index contributed by atoms with van der Waals surface area (Å²) in [5.74, 6) is -0.618. The normalized spacial score (nSPS) is 10.8. The van der Waals surface area contributed by atoms with Crippen LogP contribution in [0.15, 0.2) is 21.5 Å². The van der Waals surface area contributed by atoms with E-state index in [1.165, 1.54) is 24.5 Å². The van der Waals surface area contributed by atoms with Crippen LogP contribution >= 0.6 is 27.3 Å². The van der Waals surface area contributed by atoms with E-state index in [0.717, 1.165) is 9.35 Å². The molecule has 0 amide bonds. The third-order valence-electron chi connectivity index (χ3n) is 1.45. The fraction of sp³-hybridized carbons (Fsp3) is 0.111. The molecule has 0 saturated heterocycles. The highest BCUT2D eigenvalue weighted by Crippen LogP contribution is 2.25. The third-order valence-corrected chi connectivity index (χ3v) is 3.26. The average Bonchev–Trinajstić information content (AvgIpc) is 2.59. The largest absolute Gasteiger partial charge is 0.465 e. The number of thiophene rings is 1. The summed E-state index contributed by atoms with van der Waals surface area (Å²) in [5.41, 5.74) is -0.00403. The fourth-order valence-corrected chi connectivity index (χ4v) is 2.21. The number of halogens is 1. The van der Waals surface area contributed by atoms with Gasteiger partial charge in [-0.3, -0.25) is 0 Å². The van der Waals surface area contributed by atoms with Gasteiger partial charge >= 0.3 is 5.97 Å². The Morgan fingerprint density at radius 3 is 2.93 bits per heavy atom. The van der Waals surface area contributed by atoms with Crippen LogP contribution in [0.1, 0.15) is 4.88 Å². The van der Waals surface area contributed by atoms with Gasteiger partial charge < -0.3 is 4.74 Å². The second-order valence-electron chi connectivity index (χ2n) is 2.29. The molecule has 0 aliphatic rings. The predicted molar refractivity (Wildman–Crippen MR) is 57.6 cm³/mol. The van der Waals surface area contributed by atoms with Crippen LogP contribution in [0.5, 0.6) is 0 Å². The molecule has 0 aromatic carbocycles. The Morgan fingerprint density at radius 2 is 2.50 bits per heavy atom. The summed E-state index contributed by atoms with van der Waals surface area (Å²) >= 11 is 4.74. The zero-order chi connectivity index (χ0) is 10.6. The summed E-state index contributed by atoms with van der Waals surface area (Å²) < 4.78 is 5.31. The van der Waals surface area contributed by atoms with Crippen LogP contribution in [0.25, 0.3) is 6.08 Å². The van der Waals surface area contributed by atoms with Gasteiger partial charge in [-0.15, -0.1) is 11.3 Å². The predicted octanol–water partition coefficient (Wildman–Crippen LogP) is 2.59. The van der Waals surface area contributed by atoms with E-state index in [-0.39, 0.29) is 5.57 Å². The molecule has 1 aromatic rings. The second-order valence-corrected chi connectivity index (χ2v) is 4.10. The van der Waals surface area contributed by atoms with Gasteiger partial charge in [0, 0.05) is 9.35 Å². The van der Waals surface area contributed by atoms with Crippen molar-refractivity contribution in [3.05, 3.63) is 26.4 Å². The summed E-state index contributed by atoms with van der Waals surface area (Å²) in [6.07, 6.45) is 1.50. The van der Waals surface area contributed by atoms with E-state index in [2.05, 4.69) is 20.7 Å². The maximum atomic E-state index is 11.1. The first kappa shape index (κ1) is 11.0. The molecule has 1 aromatic heterocycles. The molecule has 0 aliphatic heterocycles. The number of carbonyl (C=O) groups excluding carboxylic acids is 1. The quantitative estimate of drug-likeness (QED) is 0.472. The zero-order valence-corrected chi connectivity index (χ0v) is 9.68. The Bertz CT molecular complexity index is 417. The molecule has 14 heavy (non-hydrogen) atoms. The summed E-state index contributed by atoms with van der Waals surface area (Å²) in [7, 11) is 1.25.